The second-order valence-corrected chi connectivity index (χ2v) is 4.30. The van der Waals surface area contributed by atoms with Crippen LogP contribution in [-0.2, 0) is 12.1 Å². The van der Waals surface area contributed by atoms with E-state index in [1.807, 2.05) is 0 Å². The van der Waals surface area contributed by atoms with Gasteiger partial charge < -0.3 is 0 Å². The summed E-state index contributed by atoms with van der Waals surface area (Å²) in [5.74, 6) is -0.631. The Morgan fingerprint density at radius 1 is 1.00 bits per heavy atom. The van der Waals surface area contributed by atoms with Gasteiger partial charge in [0, 0.05) is 11.4 Å². The SMILES string of the molecule is Fc1ccccc1-c1cc(CCl)cc(C(F)(F)F)c1. The first kappa shape index (κ1) is 13.9. The molecule has 0 aliphatic heterocycles. The molecule has 100 valence electrons. The third kappa shape index (κ3) is 3.07. The lowest BCUT2D eigenvalue weighted by atomic mass is 9.99. The summed E-state index contributed by atoms with van der Waals surface area (Å²) in [6.07, 6.45) is -4.48. The Hall–Kier alpha value is -1.55. The Morgan fingerprint density at radius 3 is 2.26 bits per heavy atom. The first-order valence-corrected chi connectivity index (χ1v) is 5.97. The molecule has 0 saturated heterocycles. The number of alkyl halides is 4. The van der Waals surface area contributed by atoms with Gasteiger partial charge in [-0.2, -0.15) is 13.2 Å². The maximum atomic E-state index is 13.6. The van der Waals surface area contributed by atoms with Crippen molar-refractivity contribution in [2.24, 2.45) is 0 Å². The number of halogens is 5. The van der Waals surface area contributed by atoms with E-state index in [0.29, 0.717) is 5.56 Å². The quantitative estimate of drug-likeness (QED) is 0.523. The van der Waals surface area contributed by atoms with Crippen molar-refractivity contribution < 1.29 is 17.6 Å². The largest absolute Gasteiger partial charge is 0.416 e. The molecular formula is C14H9ClF4. The van der Waals surface area contributed by atoms with Crippen LogP contribution in [0, 0.1) is 5.82 Å². The van der Waals surface area contributed by atoms with Crippen molar-refractivity contribution in [3.63, 3.8) is 0 Å². The summed E-state index contributed by atoms with van der Waals surface area (Å²) in [7, 11) is 0. The summed E-state index contributed by atoms with van der Waals surface area (Å²) < 4.78 is 51.9. The van der Waals surface area contributed by atoms with Gasteiger partial charge >= 0.3 is 6.18 Å². The summed E-state index contributed by atoms with van der Waals surface area (Å²) >= 11 is 5.59. The second-order valence-electron chi connectivity index (χ2n) is 4.03. The van der Waals surface area contributed by atoms with Gasteiger partial charge in [-0.3, -0.25) is 0 Å². The van der Waals surface area contributed by atoms with Crippen LogP contribution >= 0.6 is 11.6 Å². The zero-order valence-electron chi connectivity index (χ0n) is 9.64. The monoisotopic (exact) mass is 288 g/mol. The molecule has 0 saturated carbocycles. The van der Waals surface area contributed by atoms with Gasteiger partial charge in [-0.25, -0.2) is 4.39 Å². The minimum absolute atomic E-state index is 0.0641. The summed E-state index contributed by atoms with van der Waals surface area (Å²) in [6, 6.07) is 9.04. The number of hydrogen-bond acceptors (Lipinski definition) is 0. The molecule has 0 bridgehead atoms. The highest BCUT2D eigenvalue weighted by molar-refractivity contribution is 6.17. The zero-order valence-corrected chi connectivity index (χ0v) is 10.4. The number of hydrogen-bond donors (Lipinski definition) is 0. The molecule has 0 aromatic heterocycles. The molecule has 0 atom stereocenters. The molecule has 0 unspecified atom stereocenters. The van der Waals surface area contributed by atoms with Crippen LogP contribution in [0.2, 0.25) is 0 Å². The molecule has 2 rings (SSSR count). The number of rotatable bonds is 2. The van der Waals surface area contributed by atoms with Crippen LogP contribution in [-0.4, -0.2) is 0 Å². The molecule has 0 aliphatic carbocycles. The molecule has 2 aromatic rings. The molecule has 0 amide bonds. The van der Waals surface area contributed by atoms with Crippen LogP contribution in [0.15, 0.2) is 42.5 Å². The third-order valence-electron chi connectivity index (χ3n) is 2.66. The predicted octanol–water partition coefficient (Wildman–Crippen LogP) is 5.25. The molecule has 5 heteroatoms. The minimum atomic E-state index is -4.48. The van der Waals surface area contributed by atoms with Crippen LogP contribution in [0.3, 0.4) is 0 Å². The standard InChI is InChI=1S/C14H9ClF4/c15-8-9-5-10(7-11(6-9)14(17,18)19)12-3-1-2-4-13(12)16/h1-7H,8H2. The summed E-state index contributed by atoms with van der Waals surface area (Å²) in [6.45, 7) is 0. The third-order valence-corrected chi connectivity index (χ3v) is 2.97. The Morgan fingerprint density at radius 2 is 1.68 bits per heavy atom. The van der Waals surface area contributed by atoms with E-state index in [4.69, 9.17) is 11.6 Å². The fourth-order valence-electron chi connectivity index (χ4n) is 1.78. The zero-order chi connectivity index (χ0) is 14.0. The minimum Gasteiger partial charge on any atom is -0.206 e. The fourth-order valence-corrected chi connectivity index (χ4v) is 1.94. The lowest BCUT2D eigenvalue weighted by molar-refractivity contribution is -0.137. The van der Waals surface area contributed by atoms with Gasteiger partial charge in [-0.15, -0.1) is 11.6 Å². The van der Waals surface area contributed by atoms with Crippen molar-refractivity contribution in [1.82, 2.24) is 0 Å². The van der Waals surface area contributed by atoms with Crippen molar-refractivity contribution >= 4 is 11.6 Å². The van der Waals surface area contributed by atoms with E-state index in [1.54, 1.807) is 6.07 Å². The Kier molecular flexibility index (Phi) is 3.80. The first-order chi connectivity index (χ1) is 8.91. The highest BCUT2D eigenvalue weighted by Gasteiger charge is 2.31. The van der Waals surface area contributed by atoms with Gasteiger partial charge in [0.1, 0.15) is 5.82 Å². The van der Waals surface area contributed by atoms with Crippen molar-refractivity contribution in [3.8, 4) is 11.1 Å². The molecule has 0 aliphatic rings. The van der Waals surface area contributed by atoms with E-state index in [2.05, 4.69) is 0 Å². The van der Waals surface area contributed by atoms with E-state index in [9.17, 15) is 17.6 Å². The van der Waals surface area contributed by atoms with Gasteiger partial charge in [0.25, 0.3) is 0 Å². The maximum absolute atomic E-state index is 13.6. The lowest BCUT2D eigenvalue weighted by Crippen LogP contribution is -2.06. The highest BCUT2D eigenvalue weighted by Crippen LogP contribution is 2.34. The van der Waals surface area contributed by atoms with E-state index in [0.717, 1.165) is 12.1 Å². The second kappa shape index (κ2) is 5.21. The van der Waals surface area contributed by atoms with Crippen molar-refractivity contribution in [3.05, 3.63) is 59.4 Å². The summed E-state index contributed by atoms with van der Waals surface area (Å²) in [5.41, 5.74) is -0.234. The van der Waals surface area contributed by atoms with Crippen LogP contribution in [0.5, 0.6) is 0 Å². The Balaban J connectivity index is 2.61. The average Bonchev–Trinajstić information content (AvgIpc) is 2.37. The van der Waals surface area contributed by atoms with Gasteiger partial charge in [0.15, 0.2) is 0 Å². The normalized spacial score (nSPS) is 11.6. The lowest BCUT2D eigenvalue weighted by Gasteiger charge is -2.12. The first-order valence-electron chi connectivity index (χ1n) is 5.44. The van der Waals surface area contributed by atoms with Crippen molar-refractivity contribution in [1.29, 1.82) is 0 Å². The number of benzene rings is 2. The van der Waals surface area contributed by atoms with Gasteiger partial charge in [-0.05, 0) is 35.4 Å². The van der Waals surface area contributed by atoms with Gasteiger partial charge in [0.05, 0.1) is 5.56 Å². The maximum Gasteiger partial charge on any atom is 0.416 e. The Labute approximate surface area is 112 Å². The summed E-state index contributed by atoms with van der Waals surface area (Å²) in [4.78, 5) is 0. The Bertz CT molecular complexity index is 590. The van der Waals surface area contributed by atoms with Crippen LogP contribution in [0.25, 0.3) is 11.1 Å². The molecule has 0 N–H and O–H groups in total. The molecule has 0 nitrogen and oxygen atoms in total. The van der Waals surface area contributed by atoms with Gasteiger partial charge in [-0.1, -0.05) is 18.2 Å². The van der Waals surface area contributed by atoms with E-state index < -0.39 is 17.6 Å². The molecule has 0 radical (unpaired) electrons. The predicted molar refractivity (Wildman–Crippen MR) is 66.4 cm³/mol. The molecule has 0 spiro atoms. The topological polar surface area (TPSA) is 0 Å². The molecule has 19 heavy (non-hydrogen) atoms. The van der Waals surface area contributed by atoms with Crippen molar-refractivity contribution in [2.75, 3.05) is 0 Å². The van der Waals surface area contributed by atoms with Crippen LogP contribution in [0.1, 0.15) is 11.1 Å². The van der Waals surface area contributed by atoms with Gasteiger partial charge in [0.2, 0.25) is 0 Å². The van der Waals surface area contributed by atoms with E-state index >= 15 is 0 Å². The summed E-state index contributed by atoms with van der Waals surface area (Å²) in [5, 5.41) is 0. The van der Waals surface area contributed by atoms with Crippen molar-refractivity contribution in [2.45, 2.75) is 12.1 Å². The molecule has 0 fully saturated rings. The molecule has 2 aromatic carbocycles. The van der Waals surface area contributed by atoms with E-state index in [1.165, 1.54) is 24.3 Å². The van der Waals surface area contributed by atoms with E-state index in [-0.39, 0.29) is 17.0 Å². The smallest absolute Gasteiger partial charge is 0.206 e. The molecule has 0 heterocycles. The fraction of sp³-hybridized carbons (Fsp3) is 0.143. The molecular weight excluding hydrogens is 280 g/mol. The van der Waals surface area contributed by atoms with Crippen LogP contribution < -0.4 is 0 Å². The average molecular weight is 289 g/mol. The highest BCUT2D eigenvalue weighted by atomic mass is 35.5. The van der Waals surface area contributed by atoms with Crippen LogP contribution in [0.4, 0.5) is 17.6 Å².